The molecule has 0 spiro atoms. The maximum absolute atomic E-state index is 6.06. The van der Waals surface area contributed by atoms with Gasteiger partial charge in [0.25, 0.3) is 0 Å². The van der Waals surface area contributed by atoms with Crippen LogP contribution in [0.1, 0.15) is 32.6 Å². The molecule has 1 aromatic rings. The maximum atomic E-state index is 6.06. The minimum atomic E-state index is -0.0489. The highest BCUT2D eigenvalue weighted by Gasteiger charge is 2.35. The molecule has 1 aromatic carbocycles. The highest BCUT2D eigenvalue weighted by Crippen LogP contribution is 2.30. The van der Waals surface area contributed by atoms with Crippen molar-refractivity contribution >= 4 is 5.69 Å². The smallest absolute Gasteiger partial charge is 0.119 e. The summed E-state index contributed by atoms with van der Waals surface area (Å²) in [6.07, 6.45) is 4.50. The van der Waals surface area contributed by atoms with E-state index in [0.29, 0.717) is 12.6 Å². The van der Waals surface area contributed by atoms with E-state index in [1.165, 1.54) is 0 Å². The molecule has 1 aliphatic rings. The van der Waals surface area contributed by atoms with E-state index in [1.807, 2.05) is 24.3 Å². The number of nitrogens with two attached hydrogens (primary N) is 1. The molecule has 0 saturated carbocycles. The molecule has 2 rings (SSSR count). The van der Waals surface area contributed by atoms with Gasteiger partial charge in [0.05, 0.1) is 18.8 Å². The van der Waals surface area contributed by atoms with Crippen molar-refractivity contribution < 1.29 is 9.47 Å². The molecule has 0 bridgehead atoms. The number of rotatable bonds is 6. The second-order valence-electron chi connectivity index (χ2n) is 5.57. The second-order valence-corrected chi connectivity index (χ2v) is 5.57. The summed E-state index contributed by atoms with van der Waals surface area (Å²) in [4.78, 5) is 0. The van der Waals surface area contributed by atoms with E-state index in [2.05, 4.69) is 12.2 Å². The van der Waals surface area contributed by atoms with E-state index in [-0.39, 0.29) is 5.54 Å². The molecule has 0 aromatic heterocycles. The van der Waals surface area contributed by atoms with Crippen molar-refractivity contribution in [2.75, 3.05) is 25.6 Å². The molecule has 0 amide bonds. The molecule has 1 saturated heterocycles. The third kappa shape index (κ3) is 3.64. The van der Waals surface area contributed by atoms with Crippen molar-refractivity contribution in [2.24, 2.45) is 5.73 Å². The van der Waals surface area contributed by atoms with Gasteiger partial charge in [-0.25, -0.2) is 0 Å². The van der Waals surface area contributed by atoms with Crippen LogP contribution in [0, 0.1) is 0 Å². The van der Waals surface area contributed by atoms with Gasteiger partial charge in [-0.15, -0.1) is 0 Å². The van der Waals surface area contributed by atoms with Crippen LogP contribution in [0.4, 0.5) is 5.69 Å². The Bertz CT molecular complexity index is 405. The molecular formula is C16H26N2O2. The summed E-state index contributed by atoms with van der Waals surface area (Å²) in [5.74, 6) is 0.869. The molecule has 1 aliphatic heterocycles. The van der Waals surface area contributed by atoms with Crippen molar-refractivity contribution in [2.45, 2.75) is 44.2 Å². The summed E-state index contributed by atoms with van der Waals surface area (Å²) in [5, 5.41) is 3.62. The van der Waals surface area contributed by atoms with E-state index in [0.717, 1.165) is 43.7 Å². The molecule has 3 N–H and O–H groups in total. The van der Waals surface area contributed by atoms with Crippen molar-refractivity contribution in [1.82, 2.24) is 0 Å². The SMILES string of the molecule is CCCC1CC(CN)(Nc2ccc(OC)cc2)CCO1. The summed E-state index contributed by atoms with van der Waals surface area (Å²) < 4.78 is 11.0. The third-order valence-electron chi connectivity index (χ3n) is 4.05. The minimum absolute atomic E-state index is 0.0489. The highest BCUT2D eigenvalue weighted by molar-refractivity contribution is 5.48. The van der Waals surface area contributed by atoms with Gasteiger partial charge >= 0.3 is 0 Å². The van der Waals surface area contributed by atoms with Crippen LogP contribution in [-0.2, 0) is 4.74 Å². The van der Waals surface area contributed by atoms with E-state index in [9.17, 15) is 0 Å². The molecule has 2 atom stereocenters. The number of benzene rings is 1. The highest BCUT2D eigenvalue weighted by atomic mass is 16.5. The first kappa shape index (κ1) is 15.1. The molecule has 4 nitrogen and oxygen atoms in total. The van der Waals surface area contributed by atoms with Gasteiger partial charge in [0.15, 0.2) is 0 Å². The van der Waals surface area contributed by atoms with Crippen LogP contribution < -0.4 is 15.8 Å². The van der Waals surface area contributed by atoms with E-state index in [1.54, 1.807) is 7.11 Å². The normalized spacial score (nSPS) is 26.2. The molecule has 4 heteroatoms. The number of anilines is 1. The Morgan fingerprint density at radius 2 is 2.15 bits per heavy atom. The summed E-state index contributed by atoms with van der Waals surface area (Å²) >= 11 is 0. The standard InChI is InChI=1S/C16H26N2O2/c1-3-4-15-11-16(12-17,9-10-20-15)18-13-5-7-14(19-2)8-6-13/h5-8,15,18H,3-4,9-12,17H2,1-2H3. The van der Waals surface area contributed by atoms with Gasteiger partial charge in [-0.05, 0) is 43.5 Å². The molecular weight excluding hydrogens is 252 g/mol. The van der Waals surface area contributed by atoms with Crippen molar-refractivity contribution in [3.63, 3.8) is 0 Å². The van der Waals surface area contributed by atoms with Gasteiger partial charge in [-0.1, -0.05) is 13.3 Å². The van der Waals surface area contributed by atoms with Crippen LogP contribution in [0.2, 0.25) is 0 Å². The average Bonchev–Trinajstić information content (AvgIpc) is 2.49. The van der Waals surface area contributed by atoms with Crippen LogP contribution in [0.25, 0.3) is 0 Å². The van der Waals surface area contributed by atoms with Crippen molar-refractivity contribution in [3.8, 4) is 5.75 Å². The predicted molar refractivity (Wildman–Crippen MR) is 82.3 cm³/mol. The fraction of sp³-hybridized carbons (Fsp3) is 0.625. The van der Waals surface area contributed by atoms with Crippen LogP contribution in [-0.4, -0.2) is 31.9 Å². The van der Waals surface area contributed by atoms with E-state index < -0.39 is 0 Å². The molecule has 2 unspecified atom stereocenters. The van der Waals surface area contributed by atoms with Gasteiger partial charge in [-0.2, -0.15) is 0 Å². The van der Waals surface area contributed by atoms with Gasteiger partial charge in [-0.3, -0.25) is 0 Å². The quantitative estimate of drug-likeness (QED) is 0.840. The Morgan fingerprint density at radius 3 is 2.75 bits per heavy atom. The summed E-state index contributed by atoms with van der Waals surface area (Å²) in [6.45, 7) is 3.60. The van der Waals surface area contributed by atoms with Crippen LogP contribution >= 0.6 is 0 Å². The number of methoxy groups -OCH3 is 1. The molecule has 0 radical (unpaired) electrons. The third-order valence-corrected chi connectivity index (χ3v) is 4.05. The summed E-state index contributed by atoms with van der Waals surface area (Å²) in [6, 6.07) is 8.02. The molecule has 20 heavy (non-hydrogen) atoms. The van der Waals surface area contributed by atoms with Gasteiger partial charge in [0.2, 0.25) is 0 Å². The summed E-state index contributed by atoms with van der Waals surface area (Å²) in [7, 11) is 1.68. The zero-order valence-corrected chi connectivity index (χ0v) is 12.5. The minimum Gasteiger partial charge on any atom is -0.497 e. The first-order valence-electron chi connectivity index (χ1n) is 7.45. The lowest BCUT2D eigenvalue weighted by Gasteiger charge is -2.41. The number of nitrogens with one attached hydrogen (secondary N) is 1. The van der Waals surface area contributed by atoms with E-state index >= 15 is 0 Å². The van der Waals surface area contributed by atoms with E-state index in [4.69, 9.17) is 15.2 Å². The van der Waals surface area contributed by atoms with Gasteiger partial charge < -0.3 is 20.5 Å². The fourth-order valence-corrected chi connectivity index (χ4v) is 2.86. The Hall–Kier alpha value is -1.26. The van der Waals surface area contributed by atoms with Gasteiger partial charge in [0, 0.05) is 18.8 Å². The fourth-order valence-electron chi connectivity index (χ4n) is 2.86. The number of hydrogen-bond acceptors (Lipinski definition) is 4. The van der Waals surface area contributed by atoms with Gasteiger partial charge in [0.1, 0.15) is 5.75 Å². The Morgan fingerprint density at radius 1 is 1.40 bits per heavy atom. The first-order valence-corrected chi connectivity index (χ1v) is 7.45. The van der Waals surface area contributed by atoms with Crippen LogP contribution in [0.15, 0.2) is 24.3 Å². The predicted octanol–water partition coefficient (Wildman–Crippen LogP) is 2.78. The molecule has 1 heterocycles. The second kappa shape index (κ2) is 6.95. The van der Waals surface area contributed by atoms with Crippen LogP contribution in [0.3, 0.4) is 0 Å². The van der Waals surface area contributed by atoms with Crippen LogP contribution in [0.5, 0.6) is 5.75 Å². The van der Waals surface area contributed by atoms with Crippen molar-refractivity contribution in [3.05, 3.63) is 24.3 Å². The zero-order chi connectivity index (χ0) is 14.4. The Balaban J connectivity index is 2.05. The Labute approximate surface area is 121 Å². The largest absolute Gasteiger partial charge is 0.497 e. The topological polar surface area (TPSA) is 56.5 Å². The Kier molecular flexibility index (Phi) is 5.26. The molecule has 1 fully saturated rings. The maximum Gasteiger partial charge on any atom is 0.119 e. The molecule has 0 aliphatic carbocycles. The average molecular weight is 278 g/mol. The zero-order valence-electron chi connectivity index (χ0n) is 12.5. The monoisotopic (exact) mass is 278 g/mol. The first-order chi connectivity index (χ1) is 9.71. The van der Waals surface area contributed by atoms with Crippen molar-refractivity contribution in [1.29, 1.82) is 0 Å². The lowest BCUT2D eigenvalue weighted by Crippen LogP contribution is -2.52. The lowest BCUT2D eigenvalue weighted by molar-refractivity contribution is -0.0155. The molecule has 112 valence electrons. The lowest BCUT2D eigenvalue weighted by atomic mass is 9.85. The summed E-state index contributed by atoms with van der Waals surface area (Å²) in [5.41, 5.74) is 7.10. The number of hydrogen-bond donors (Lipinski definition) is 2. The number of ether oxygens (including phenoxy) is 2.